The second-order valence-corrected chi connectivity index (χ2v) is 6.76. The number of hydrogen-bond donors (Lipinski definition) is 2. The third-order valence-electron chi connectivity index (χ3n) is 4.71. The van der Waals surface area contributed by atoms with Crippen LogP contribution in [0.25, 0.3) is 22.3 Å². The Morgan fingerprint density at radius 1 is 1.20 bits per heavy atom. The summed E-state index contributed by atoms with van der Waals surface area (Å²) < 4.78 is 6.35. The van der Waals surface area contributed by atoms with Crippen LogP contribution in [0.5, 0.6) is 0 Å². The quantitative estimate of drug-likeness (QED) is 0.510. The van der Waals surface area contributed by atoms with E-state index in [0.717, 1.165) is 5.56 Å². The van der Waals surface area contributed by atoms with Crippen LogP contribution in [0.1, 0.15) is 18.8 Å². The van der Waals surface area contributed by atoms with Crippen LogP contribution in [0.3, 0.4) is 0 Å². The first-order valence-electron chi connectivity index (χ1n) is 9.34. The highest BCUT2D eigenvalue weighted by atomic mass is 16.5. The molecule has 4 rings (SSSR count). The van der Waals surface area contributed by atoms with E-state index in [2.05, 4.69) is 25.5 Å². The average Bonchev–Trinajstić information content (AvgIpc) is 3.23. The smallest absolute Gasteiger partial charge is 0.261 e. The molecule has 0 radical (unpaired) electrons. The normalized spacial score (nSPS) is 12.1. The lowest BCUT2D eigenvalue weighted by atomic mass is 10.2. The molecule has 2 N–H and O–H groups in total. The van der Waals surface area contributed by atoms with Gasteiger partial charge >= 0.3 is 0 Å². The third-order valence-corrected chi connectivity index (χ3v) is 4.71. The Hall–Kier alpha value is -3.85. The van der Waals surface area contributed by atoms with Crippen LogP contribution in [0.15, 0.2) is 59.7 Å². The molecule has 9 heteroatoms. The Balaban J connectivity index is 1.49. The molecule has 0 spiro atoms. The number of methoxy groups -OCH3 is 1. The fourth-order valence-electron chi connectivity index (χ4n) is 3.06. The largest absolute Gasteiger partial charge is 0.377 e. The van der Waals surface area contributed by atoms with Gasteiger partial charge in [0.05, 0.1) is 17.2 Å². The number of aromatic nitrogens is 5. The number of anilines is 1. The number of nitrogens with zero attached hydrogens (tertiary/aromatic N) is 4. The second kappa shape index (κ2) is 8.26. The van der Waals surface area contributed by atoms with Crippen LogP contribution in [0.2, 0.25) is 0 Å². The lowest BCUT2D eigenvalue weighted by Gasteiger charge is -2.15. The van der Waals surface area contributed by atoms with Crippen molar-refractivity contribution in [3.8, 4) is 11.4 Å². The highest BCUT2D eigenvalue weighted by molar-refractivity contribution is 5.93. The van der Waals surface area contributed by atoms with Crippen LogP contribution in [0.4, 0.5) is 5.69 Å². The first kappa shape index (κ1) is 19.5. The summed E-state index contributed by atoms with van der Waals surface area (Å²) in [5.41, 5.74) is 1.75. The minimum atomic E-state index is -0.723. The average molecular weight is 404 g/mol. The van der Waals surface area contributed by atoms with Crippen molar-refractivity contribution in [3.05, 3.63) is 71.0 Å². The lowest BCUT2D eigenvalue weighted by Crippen LogP contribution is -2.31. The van der Waals surface area contributed by atoms with Gasteiger partial charge < -0.3 is 10.1 Å². The number of benzene rings is 2. The van der Waals surface area contributed by atoms with Gasteiger partial charge in [-0.1, -0.05) is 12.1 Å². The highest BCUT2D eigenvalue weighted by Crippen LogP contribution is 2.19. The number of amides is 1. The van der Waals surface area contributed by atoms with Gasteiger partial charge in [0.1, 0.15) is 12.6 Å². The molecule has 30 heavy (non-hydrogen) atoms. The zero-order valence-electron chi connectivity index (χ0n) is 16.5. The molecule has 0 bridgehead atoms. The Labute approximate surface area is 171 Å². The monoisotopic (exact) mass is 404 g/mol. The molecule has 2 aromatic heterocycles. The fraction of sp³-hybridized carbons (Fsp3) is 0.190. The molecule has 1 unspecified atom stereocenters. The number of para-hydroxylation sites is 1. The SMILES string of the molecule is COCc1nc(-c2ccc(NC(=O)C(C)n3cnc4ccccc4c3=O)cc2)n[nH]1. The number of H-pyrrole nitrogens is 1. The summed E-state index contributed by atoms with van der Waals surface area (Å²) in [7, 11) is 1.59. The number of ether oxygens (including phenoxy) is 1. The predicted molar refractivity (Wildman–Crippen MR) is 112 cm³/mol. The van der Waals surface area contributed by atoms with E-state index in [9.17, 15) is 9.59 Å². The molecule has 0 aliphatic heterocycles. The number of nitrogens with one attached hydrogen (secondary N) is 2. The van der Waals surface area contributed by atoms with Crippen molar-refractivity contribution >= 4 is 22.5 Å². The maximum atomic E-state index is 12.7. The standard InChI is InChI=1S/C21H20N6O3/c1-13(27-12-22-17-6-4-3-5-16(17)21(27)29)20(28)23-15-9-7-14(8-10-15)19-24-18(11-30-2)25-26-19/h3-10,12-13H,11H2,1-2H3,(H,23,28)(H,24,25,26). The fourth-order valence-corrected chi connectivity index (χ4v) is 3.06. The molecule has 2 heterocycles. The molecule has 0 saturated carbocycles. The summed E-state index contributed by atoms with van der Waals surface area (Å²) in [5.74, 6) is 0.859. The van der Waals surface area contributed by atoms with Crippen LogP contribution in [0, 0.1) is 0 Å². The molecule has 1 amide bonds. The van der Waals surface area contributed by atoms with E-state index in [4.69, 9.17) is 4.74 Å². The number of aromatic amines is 1. The van der Waals surface area contributed by atoms with Crippen molar-refractivity contribution < 1.29 is 9.53 Å². The van der Waals surface area contributed by atoms with E-state index in [1.54, 1.807) is 44.4 Å². The Bertz CT molecular complexity index is 1250. The van der Waals surface area contributed by atoms with Crippen molar-refractivity contribution in [2.75, 3.05) is 12.4 Å². The first-order valence-corrected chi connectivity index (χ1v) is 9.34. The van der Waals surface area contributed by atoms with Crippen LogP contribution < -0.4 is 10.9 Å². The molecular formula is C21H20N6O3. The minimum Gasteiger partial charge on any atom is -0.377 e. The van der Waals surface area contributed by atoms with Gasteiger partial charge in [0.2, 0.25) is 5.91 Å². The molecule has 0 aliphatic rings. The minimum absolute atomic E-state index is 0.255. The van der Waals surface area contributed by atoms with Gasteiger partial charge in [-0.2, -0.15) is 5.10 Å². The summed E-state index contributed by atoms with van der Waals surface area (Å²) in [4.78, 5) is 34.0. The van der Waals surface area contributed by atoms with E-state index in [1.165, 1.54) is 10.9 Å². The Kier molecular flexibility index (Phi) is 5.36. The molecular weight excluding hydrogens is 384 g/mol. The van der Waals surface area contributed by atoms with Crippen LogP contribution in [-0.4, -0.2) is 37.7 Å². The molecule has 2 aromatic carbocycles. The summed E-state index contributed by atoms with van der Waals surface area (Å²) in [6, 6.07) is 13.5. The maximum absolute atomic E-state index is 12.7. The number of carbonyl (C=O) groups is 1. The van der Waals surface area contributed by atoms with Crippen molar-refractivity contribution in [1.82, 2.24) is 24.7 Å². The second-order valence-electron chi connectivity index (χ2n) is 6.76. The van der Waals surface area contributed by atoms with Crippen molar-refractivity contribution in [2.45, 2.75) is 19.6 Å². The van der Waals surface area contributed by atoms with Gasteiger partial charge in [0, 0.05) is 18.4 Å². The molecule has 1 atom stereocenters. The van der Waals surface area contributed by atoms with Crippen molar-refractivity contribution in [3.63, 3.8) is 0 Å². The lowest BCUT2D eigenvalue weighted by molar-refractivity contribution is -0.118. The van der Waals surface area contributed by atoms with E-state index >= 15 is 0 Å². The van der Waals surface area contributed by atoms with E-state index in [0.29, 0.717) is 34.8 Å². The zero-order chi connectivity index (χ0) is 21.1. The van der Waals surface area contributed by atoms with Gasteiger partial charge in [-0.3, -0.25) is 19.3 Å². The Morgan fingerprint density at radius 2 is 1.97 bits per heavy atom. The summed E-state index contributed by atoms with van der Waals surface area (Å²) in [6.07, 6.45) is 1.40. The summed E-state index contributed by atoms with van der Waals surface area (Å²) in [5, 5.41) is 10.3. The van der Waals surface area contributed by atoms with Crippen molar-refractivity contribution in [2.24, 2.45) is 0 Å². The van der Waals surface area contributed by atoms with Gasteiger partial charge in [0.25, 0.3) is 5.56 Å². The number of rotatable bonds is 6. The highest BCUT2D eigenvalue weighted by Gasteiger charge is 2.18. The summed E-state index contributed by atoms with van der Waals surface area (Å²) in [6.45, 7) is 2.01. The van der Waals surface area contributed by atoms with E-state index in [1.807, 2.05) is 18.2 Å². The first-order chi connectivity index (χ1) is 14.6. The molecule has 9 nitrogen and oxygen atoms in total. The Morgan fingerprint density at radius 3 is 2.73 bits per heavy atom. The van der Waals surface area contributed by atoms with Gasteiger partial charge in [-0.05, 0) is 43.3 Å². The molecule has 0 aliphatic carbocycles. The maximum Gasteiger partial charge on any atom is 0.261 e. The van der Waals surface area contributed by atoms with E-state index in [-0.39, 0.29) is 11.5 Å². The molecule has 0 saturated heterocycles. The molecule has 0 fully saturated rings. The van der Waals surface area contributed by atoms with Crippen LogP contribution in [-0.2, 0) is 16.1 Å². The van der Waals surface area contributed by atoms with Crippen molar-refractivity contribution in [1.29, 1.82) is 0 Å². The number of hydrogen-bond acceptors (Lipinski definition) is 6. The number of fused-ring (bicyclic) bond motifs is 1. The summed E-state index contributed by atoms with van der Waals surface area (Å²) >= 11 is 0. The zero-order valence-corrected chi connectivity index (χ0v) is 16.5. The van der Waals surface area contributed by atoms with Gasteiger partial charge in [-0.25, -0.2) is 9.97 Å². The third kappa shape index (κ3) is 3.83. The predicted octanol–water partition coefficient (Wildman–Crippen LogP) is 2.53. The molecule has 4 aromatic rings. The van der Waals surface area contributed by atoms with Crippen LogP contribution >= 0.6 is 0 Å². The van der Waals surface area contributed by atoms with E-state index < -0.39 is 6.04 Å². The number of carbonyl (C=O) groups excluding carboxylic acids is 1. The topological polar surface area (TPSA) is 115 Å². The molecule has 152 valence electrons. The van der Waals surface area contributed by atoms with Gasteiger partial charge in [0.15, 0.2) is 11.6 Å². The van der Waals surface area contributed by atoms with Gasteiger partial charge in [-0.15, -0.1) is 0 Å².